The largest absolute Gasteiger partial charge is 0.398 e. The van der Waals surface area contributed by atoms with E-state index >= 15 is 0 Å². The third kappa shape index (κ3) is 3.39. The first kappa shape index (κ1) is 14.6. The number of nitrogens with two attached hydrogens (primary N) is 1. The van der Waals surface area contributed by atoms with E-state index in [2.05, 4.69) is 36.1 Å². The number of nitrogen functional groups attached to an aromatic ring is 1. The molecule has 3 N–H and O–H groups in total. The summed E-state index contributed by atoms with van der Waals surface area (Å²) in [4.78, 5) is 6.54. The van der Waals surface area contributed by atoms with Crippen LogP contribution in [0.15, 0.2) is 30.6 Å². The number of benzene rings is 1. The van der Waals surface area contributed by atoms with Gasteiger partial charge in [0.15, 0.2) is 0 Å². The maximum atomic E-state index is 5.99. The van der Waals surface area contributed by atoms with E-state index in [4.69, 9.17) is 5.73 Å². The number of fused-ring (bicyclic) bond motifs is 1. The minimum absolute atomic E-state index is 0.594. The van der Waals surface area contributed by atoms with E-state index < -0.39 is 0 Å². The molecule has 0 fully saturated rings. The van der Waals surface area contributed by atoms with Crippen molar-refractivity contribution in [1.82, 2.24) is 9.88 Å². The zero-order valence-corrected chi connectivity index (χ0v) is 12.6. The van der Waals surface area contributed by atoms with Crippen LogP contribution in [0.1, 0.15) is 20.3 Å². The van der Waals surface area contributed by atoms with Gasteiger partial charge in [-0.3, -0.25) is 4.98 Å². The summed E-state index contributed by atoms with van der Waals surface area (Å²) >= 11 is 0. The number of pyridine rings is 1. The molecule has 108 valence electrons. The third-order valence-corrected chi connectivity index (χ3v) is 3.74. The molecular weight excluding hydrogens is 248 g/mol. The van der Waals surface area contributed by atoms with Crippen LogP contribution in [0.3, 0.4) is 0 Å². The zero-order chi connectivity index (χ0) is 14.5. The molecule has 0 aliphatic heterocycles. The van der Waals surface area contributed by atoms with Gasteiger partial charge < -0.3 is 16.0 Å². The topological polar surface area (TPSA) is 54.2 Å². The van der Waals surface area contributed by atoms with E-state index in [1.807, 2.05) is 24.4 Å². The Bertz CT molecular complexity index is 565. The van der Waals surface area contributed by atoms with Crippen molar-refractivity contribution >= 4 is 22.1 Å². The Morgan fingerprint density at radius 2 is 2.05 bits per heavy atom. The normalized spacial score (nSPS) is 11.4. The molecule has 0 amide bonds. The molecule has 4 heteroatoms. The lowest BCUT2D eigenvalue weighted by Gasteiger charge is -2.21. The van der Waals surface area contributed by atoms with Crippen molar-refractivity contribution in [1.29, 1.82) is 0 Å². The average molecular weight is 272 g/mol. The Balaban J connectivity index is 1.99. The van der Waals surface area contributed by atoms with Gasteiger partial charge in [0.1, 0.15) is 0 Å². The van der Waals surface area contributed by atoms with E-state index in [1.165, 1.54) is 0 Å². The van der Waals surface area contributed by atoms with E-state index in [1.54, 1.807) is 6.20 Å². The summed E-state index contributed by atoms with van der Waals surface area (Å²) in [6.45, 7) is 6.47. The molecule has 0 atom stereocenters. The van der Waals surface area contributed by atoms with Gasteiger partial charge in [0.25, 0.3) is 0 Å². The third-order valence-electron chi connectivity index (χ3n) is 3.74. The maximum Gasteiger partial charge on any atom is 0.0437 e. The molecule has 2 rings (SSSR count). The van der Waals surface area contributed by atoms with Crippen LogP contribution in [0.25, 0.3) is 10.8 Å². The van der Waals surface area contributed by atoms with Crippen molar-refractivity contribution in [2.24, 2.45) is 0 Å². The number of nitrogens with zero attached hydrogens (tertiary/aromatic N) is 2. The predicted octanol–water partition coefficient (Wildman–Crippen LogP) is 2.96. The van der Waals surface area contributed by atoms with Crippen molar-refractivity contribution in [3.05, 3.63) is 30.6 Å². The minimum atomic E-state index is 0.594. The minimum Gasteiger partial charge on any atom is -0.398 e. The van der Waals surface area contributed by atoms with Gasteiger partial charge in [-0.05, 0) is 52.1 Å². The highest BCUT2D eigenvalue weighted by molar-refractivity contribution is 6.00. The number of hydrogen-bond acceptors (Lipinski definition) is 4. The monoisotopic (exact) mass is 272 g/mol. The van der Waals surface area contributed by atoms with E-state index in [9.17, 15) is 0 Å². The summed E-state index contributed by atoms with van der Waals surface area (Å²) < 4.78 is 0. The van der Waals surface area contributed by atoms with Gasteiger partial charge in [-0.25, -0.2) is 0 Å². The first-order valence-electron chi connectivity index (χ1n) is 7.16. The highest BCUT2D eigenvalue weighted by Gasteiger charge is 2.05. The van der Waals surface area contributed by atoms with Crippen molar-refractivity contribution in [3.63, 3.8) is 0 Å². The Hall–Kier alpha value is -1.81. The zero-order valence-electron chi connectivity index (χ0n) is 12.6. The van der Waals surface area contributed by atoms with Gasteiger partial charge in [-0.2, -0.15) is 0 Å². The standard InChI is InChI=1S/C16H24N4/c1-12(2)20(3)10-4-8-19-16-6-5-15(17)13-7-9-18-11-14(13)16/h5-7,9,11-12,19H,4,8,10,17H2,1-3H3. The first-order chi connectivity index (χ1) is 9.59. The number of hydrogen-bond donors (Lipinski definition) is 2. The smallest absolute Gasteiger partial charge is 0.0437 e. The van der Waals surface area contributed by atoms with Gasteiger partial charge in [-0.1, -0.05) is 0 Å². The molecule has 0 radical (unpaired) electrons. The van der Waals surface area contributed by atoms with Gasteiger partial charge in [0.2, 0.25) is 0 Å². The predicted molar refractivity (Wildman–Crippen MR) is 87.0 cm³/mol. The molecule has 0 spiro atoms. The highest BCUT2D eigenvalue weighted by Crippen LogP contribution is 2.27. The van der Waals surface area contributed by atoms with E-state index in [0.29, 0.717) is 6.04 Å². The summed E-state index contributed by atoms with van der Waals surface area (Å²) in [6.07, 6.45) is 4.76. The fourth-order valence-corrected chi connectivity index (χ4v) is 2.18. The van der Waals surface area contributed by atoms with Crippen molar-refractivity contribution in [3.8, 4) is 0 Å². The van der Waals surface area contributed by atoms with Crippen LogP contribution in [0.5, 0.6) is 0 Å². The molecule has 0 saturated carbocycles. The Morgan fingerprint density at radius 1 is 1.25 bits per heavy atom. The van der Waals surface area contributed by atoms with Gasteiger partial charge >= 0.3 is 0 Å². The lowest BCUT2D eigenvalue weighted by Crippen LogP contribution is -2.28. The fraction of sp³-hybridized carbons (Fsp3) is 0.438. The lowest BCUT2D eigenvalue weighted by molar-refractivity contribution is 0.273. The molecule has 0 bridgehead atoms. The quantitative estimate of drug-likeness (QED) is 0.627. The van der Waals surface area contributed by atoms with Gasteiger partial charge in [-0.15, -0.1) is 0 Å². The summed E-state index contributed by atoms with van der Waals surface area (Å²) in [5.74, 6) is 0. The Kier molecular flexibility index (Phi) is 4.79. The molecule has 20 heavy (non-hydrogen) atoms. The molecule has 1 aromatic carbocycles. The first-order valence-corrected chi connectivity index (χ1v) is 7.16. The summed E-state index contributed by atoms with van der Waals surface area (Å²) in [7, 11) is 2.16. The molecule has 1 heterocycles. The van der Waals surface area contributed by atoms with E-state index in [-0.39, 0.29) is 0 Å². The lowest BCUT2D eigenvalue weighted by atomic mass is 10.1. The second-order valence-corrected chi connectivity index (χ2v) is 5.48. The number of aromatic nitrogens is 1. The highest BCUT2D eigenvalue weighted by atomic mass is 15.1. The summed E-state index contributed by atoms with van der Waals surface area (Å²) in [5.41, 5.74) is 7.90. The van der Waals surface area contributed by atoms with E-state index in [0.717, 1.165) is 41.7 Å². The van der Waals surface area contributed by atoms with Crippen LogP contribution in [-0.2, 0) is 0 Å². The maximum absolute atomic E-state index is 5.99. The summed E-state index contributed by atoms with van der Waals surface area (Å²) in [5, 5.41) is 5.63. The molecule has 4 nitrogen and oxygen atoms in total. The molecule has 0 aliphatic carbocycles. The molecular formula is C16H24N4. The van der Waals surface area contributed by atoms with Crippen molar-refractivity contribution in [2.75, 3.05) is 31.2 Å². The SMILES string of the molecule is CC(C)N(C)CCCNc1ccc(N)c2ccncc12. The Morgan fingerprint density at radius 3 is 2.80 bits per heavy atom. The van der Waals surface area contributed by atoms with Crippen LogP contribution in [0.2, 0.25) is 0 Å². The number of nitrogens with one attached hydrogen (secondary N) is 1. The number of rotatable bonds is 6. The number of anilines is 2. The molecule has 2 aromatic rings. The van der Waals surface area contributed by atoms with Crippen molar-refractivity contribution < 1.29 is 0 Å². The summed E-state index contributed by atoms with van der Waals surface area (Å²) in [6, 6.07) is 6.54. The Labute approximate surface area is 121 Å². The second-order valence-electron chi connectivity index (χ2n) is 5.48. The molecule has 0 saturated heterocycles. The van der Waals surface area contributed by atoms with Crippen LogP contribution in [0.4, 0.5) is 11.4 Å². The van der Waals surface area contributed by atoms with Crippen molar-refractivity contribution in [2.45, 2.75) is 26.3 Å². The average Bonchev–Trinajstić information content (AvgIpc) is 2.45. The molecule has 0 unspecified atom stereocenters. The van der Waals surface area contributed by atoms with Crippen LogP contribution >= 0.6 is 0 Å². The fourth-order valence-electron chi connectivity index (χ4n) is 2.18. The molecule has 0 aliphatic rings. The molecule has 1 aromatic heterocycles. The van der Waals surface area contributed by atoms with Gasteiger partial charge in [0.05, 0.1) is 0 Å². The van der Waals surface area contributed by atoms with Crippen LogP contribution in [0, 0.1) is 0 Å². The van der Waals surface area contributed by atoms with Crippen LogP contribution in [-0.4, -0.2) is 36.1 Å². The van der Waals surface area contributed by atoms with Gasteiger partial charge in [0, 0.05) is 47.1 Å². The van der Waals surface area contributed by atoms with Crippen LogP contribution < -0.4 is 11.1 Å². The second kappa shape index (κ2) is 6.57.